The van der Waals surface area contributed by atoms with Gasteiger partial charge in [-0.2, -0.15) is 0 Å². The lowest BCUT2D eigenvalue weighted by molar-refractivity contribution is 0.122. The maximum absolute atomic E-state index is 13.0. The van der Waals surface area contributed by atoms with Crippen molar-refractivity contribution < 1.29 is 9.47 Å². The maximum atomic E-state index is 13.0. The molecule has 0 radical (unpaired) electrons. The fourth-order valence-corrected chi connectivity index (χ4v) is 4.63. The first-order chi connectivity index (χ1) is 16.0. The fourth-order valence-electron chi connectivity index (χ4n) is 4.16. The Labute approximate surface area is 201 Å². The number of fused-ring (bicyclic) bond motifs is 1. The summed E-state index contributed by atoms with van der Waals surface area (Å²) in [6, 6.07) is 11.1. The van der Waals surface area contributed by atoms with E-state index in [2.05, 4.69) is 28.8 Å². The predicted octanol–water partition coefficient (Wildman–Crippen LogP) is 4.10. The second-order valence-electron chi connectivity index (χ2n) is 7.89. The lowest BCUT2D eigenvalue weighted by atomic mass is 10.1. The largest absolute Gasteiger partial charge is 0.496 e. The van der Waals surface area contributed by atoms with Crippen LogP contribution in [0.3, 0.4) is 0 Å². The van der Waals surface area contributed by atoms with Gasteiger partial charge in [0.1, 0.15) is 5.75 Å². The molecule has 0 unspecified atom stereocenters. The lowest BCUT2D eigenvalue weighted by Crippen LogP contribution is -2.36. The van der Waals surface area contributed by atoms with Crippen molar-refractivity contribution in [1.29, 1.82) is 0 Å². The zero-order valence-corrected chi connectivity index (χ0v) is 19.7. The molecule has 4 heterocycles. The average molecular weight is 483 g/mol. The molecule has 33 heavy (non-hydrogen) atoms. The van der Waals surface area contributed by atoms with E-state index in [1.807, 2.05) is 24.5 Å². The molecular formula is C24H23ClN4O3S. The van der Waals surface area contributed by atoms with Crippen molar-refractivity contribution in [1.82, 2.24) is 13.5 Å². The SMILES string of the molecule is COc1ccc(Cl)cc1Cn1ccc(-c2cn(S)c3ncc(N4CCOCC4)cc23)cc1=O. The van der Waals surface area contributed by atoms with Gasteiger partial charge in [0.25, 0.3) is 5.56 Å². The van der Waals surface area contributed by atoms with Gasteiger partial charge in [-0.3, -0.25) is 8.77 Å². The molecule has 0 aliphatic carbocycles. The molecule has 1 saturated heterocycles. The van der Waals surface area contributed by atoms with Crippen LogP contribution in [-0.4, -0.2) is 46.9 Å². The van der Waals surface area contributed by atoms with E-state index in [0.717, 1.165) is 46.5 Å². The van der Waals surface area contributed by atoms with Crippen molar-refractivity contribution in [3.05, 3.63) is 75.9 Å². The number of methoxy groups -OCH3 is 1. The van der Waals surface area contributed by atoms with Gasteiger partial charge in [-0.05, 0) is 35.9 Å². The van der Waals surface area contributed by atoms with Crippen LogP contribution in [0.15, 0.2) is 59.8 Å². The van der Waals surface area contributed by atoms with Gasteiger partial charge in [0, 0.05) is 53.1 Å². The number of halogens is 1. The number of aromatic nitrogens is 3. The normalized spacial score (nSPS) is 14.1. The highest BCUT2D eigenvalue weighted by Crippen LogP contribution is 2.32. The molecule has 9 heteroatoms. The summed E-state index contributed by atoms with van der Waals surface area (Å²) in [5.74, 6) is 0.690. The summed E-state index contributed by atoms with van der Waals surface area (Å²) in [7, 11) is 1.60. The highest BCUT2D eigenvalue weighted by molar-refractivity contribution is 7.78. The molecule has 0 N–H and O–H groups in total. The van der Waals surface area contributed by atoms with Crippen molar-refractivity contribution in [3.8, 4) is 16.9 Å². The average Bonchev–Trinajstić information content (AvgIpc) is 3.17. The third-order valence-corrected chi connectivity index (χ3v) is 6.42. The Bertz CT molecular complexity index is 1380. The van der Waals surface area contributed by atoms with Gasteiger partial charge in [-0.1, -0.05) is 24.4 Å². The van der Waals surface area contributed by atoms with Gasteiger partial charge in [-0.15, -0.1) is 0 Å². The van der Waals surface area contributed by atoms with Crippen LogP contribution in [0.1, 0.15) is 5.56 Å². The molecule has 1 aromatic carbocycles. The number of nitrogens with zero attached hydrogens (tertiary/aromatic N) is 4. The Balaban J connectivity index is 1.51. The molecule has 0 atom stereocenters. The first kappa shape index (κ1) is 21.9. The number of thiol groups is 1. The van der Waals surface area contributed by atoms with E-state index in [4.69, 9.17) is 21.1 Å². The molecule has 0 spiro atoms. The number of hydrogen-bond donors (Lipinski definition) is 1. The molecular weight excluding hydrogens is 460 g/mol. The molecule has 1 aliphatic rings. The minimum absolute atomic E-state index is 0.119. The maximum Gasteiger partial charge on any atom is 0.251 e. The Morgan fingerprint density at radius 3 is 2.76 bits per heavy atom. The van der Waals surface area contributed by atoms with Crippen LogP contribution in [0.5, 0.6) is 5.75 Å². The third kappa shape index (κ3) is 4.34. The molecule has 1 aliphatic heterocycles. The standard InChI is InChI=1S/C24H23ClN4O3S/c1-31-22-3-2-18(25)10-17(22)14-28-5-4-16(11-23(28)30)21-15-29(33)24-20(21)12-19(13-26-24)27-6-8-32-9-7-27/h2-5,10-13,15,33H,6-9,14H2,1H3. The Morgan fingerprint density at radius 1 is 1.18 bits per heavy atom. The zero-order chi connectivity index (χ0) is 22.9. The second-order valence-corrected chi connectivity index (χ2v) is 8.76. The van der Waals surface area contributed by atoms with Crippen LogP contribution in [0.4, 0.5) is 5.69 Å². The Kier molecular flexibility index (Phi) is 6.05. The lowest BCUT2D eigenvalue weighted by Gasteiger charge is -2.28. The number of morpholine rings is 1. The number of anilines is 1. The highest BCUT2D eigenvalue weighted by Gasteiger charge is 2.17. The van der Waals surface area contributed by atoms with Crippen LogP contribution in [0.25, 0.3) is 22.2 Å². The first-order valence-electron chi connectivity index (χ1n) is 10.6. The first-order valence-corrected chi connectivity index (χ1v) is 11.4. The Hall–Kier alpha value is -2.94. The second kappa shape index (κ2) is 9.13. The summed E-state index contributed by atoms with van der Waals surface area (Å²) in [4.78, 5) is 19.9. The van der Waals surface area contributed by atoms with Gasteiger partial charge in [0.05, 0.1) is 38.8 Å². The summed E-state index contributed by atoms with van der Waals surface area (Å²) >= 11 is 10.7. The van der Waals surface area contributed by atoms with E-state index in [1.54, 1.807) is 40.0 Å². The van der Waals surface area contributed by atoms with E-state index in [9.17, 15) is 4.79 Å². The van der Waals surface area contributed by atoms with E-state index < -0.39 is 0 Å². The summed E-state index contributed by atoms with van der Waals surface area (Å²) in [6.45, 7) is 3.42. The van der Waals surface area contributed by atoms with Crippen LogP contribution >= 0.6 is 24.4 Å². The van der Waals surface area contributed by atoms with Crippen molar-refractivity contribution in [2.75, 3.05) is 38.3 Å². The predicted molar refractivity (Wildman–Crippen MR) is 134 cm³/mol. The highest BCUT2D eigenvalue weighted by atomic mass is 35.5. The molecule has 0 amide bonds. The van der Waals surface area contributed by atoms with E-state index >= 15 is 0 Å². The summed E-state index contributed by atoms with van der Waals surface area (Å²) in [5.41, 5.74) is 4.23. The number of hydrogen-bond acceptors (Lipinski definition) is 6. The van der Waals surface area contributed by atoms with Gasteiger partial charge < -0.3 is 18.9 Å². The third-order valence-electron chi connectivity index (χ3n) is 5.88. The van der Waals surface area contributed by atoms with Crippen LogP contribution < -0.4 is 15.2 Å². The molecule has 1 fully saturated rings. The number of pyridine rings is 2. The molecule has 3 aromatic heterocycles. The molecule has 5 rings (SSSR count). The van der Waals surface area contributed by atoms with E-state index in [1.165, 1.54) is 0 Å². The van der Waals surface area contributed by atoms with Crippen molar-refractivity contribution >= 4 is 41.1 Å². The summed E-state index contributed by atoms with van der Waals surface area (Å²) in [5, 5.41) is 1.54. The fraction of sp³-hybridized carbons (Fsp3) is 0.250. The minimum Gasteiger partial charge on any atom is -0.496 e. The topological polar surface area (TPSA) is 61.5 Å². The van der Waals surface area contributed by atoms with E-state index in [-0.39, 0.29) is 5.56 Å². The molecule has 170 valence electrons. The van der Waals surface area contributed by atoms with E-state index in [0.29, 0.717) is 30.5 Å². The van der Waals surface area contributed by atoms with Crippen molar-refractivity contribution in [2.24, 2.45) is 0 Å². The monoisotopic (exact) mass is 482 g/mol. The summed E-state index contributed by atoms with van der Waals surface area (Å²) < 4.78 is 14.2. The number of rotatable bonds is 5. The van der Waals surface area contributed by atoms with Crippen LogP contribution in [-0.2, 0) is 11.3 Å². The number of ether oxygens (including phenoxy) is 2. The van der Waals surface area contributed by atoms with Gasteiger partial charge >= 0.3 is 0 Å². The zero-order valence-electron chi connectivity index (χ0n) is 18.1. The molecule has 7 nitrogen and oxygen atoms in total. The number of benzene rings is 1. The van der Waals surface area contributed by atoms with Gasteiger partial charge in [-0.25, -0.2) is 4.98 Å². The smallest absolute Gasteiger partial charge is 0.251 e. The van der Waals surface area contributed by atoms with Crippen molar-refractivity contribution in [3.63, 3.8) is 0 Å². The summed E-state index contributed by atoms with van der Waals surface area (Å²) in [6.07, 6.45) is 5.54. The van der Waals surface area contributed by atoms with Crippen LogP contribution in [0, 0.1) is 0 Å². The molecule has 0 bridgehead atoms. The molecule has 0 saturated carbocycles. The van der Waals surface area contributed by atoms with Crippen LogP contribution in [0.2, 0.25) is 5.02 Å². The van der Waals surface area contributed by atoms with Crippen molar-refractivity contribution in [2.45, 2.75) is 6.54 Å². The minimum atomic E-state index is -0.119. The van der Waals surface area contributed by atoms with Gasteiger partial charge in [0.2, 0.25) is 0 Å². The van der Waals surface area contributed by atoms with Gasteiger partial charge in [0.15, 0.2) is 5.65 Å². The molecule has 4 aromatic rings. The quantitative estimate of drug-likeness (QED) is 0.434. The Morgan fingerprint density at radius 2 is 2.00 bits per heavy atom.